The lowest BCUT2D eigenvalue weighted by Crippen LogP contribution is -1.88. The predicted octanol–water partition coefficient (Wildman–Crippen LogP) is 4.58. The maximum absolute atomic E-state index is 13.5. The van der Waals surface area contributed by atoms with Gasteiger partial charge in [-0.1, -0.05) is 23.4 Å². The normalized spacial score (nSPS) is 10.4. The van der Waals surface area contributed by atoms with Crippen molar-refractivity contribution in [1.29, 1.82) is 0 Å². The van der Waals surface area contributed by atoms with Gasteiger partial charge in [-0.15, -0.1) is 0 Å². The maximum Gasteiger partial charge on any atom is 0.151 e. The van der Waals surface area contributed by atoms with Gasteiger partial charge in [0.1, 0.15) is 11.6 Å². The topological polar surface area (TPSA) is 17.1 Å². The van der Waals surface area contributed by atoms with Crippen LogP contribution in [0, 0.1) is 11.6 Å². The quantitative estimate of drug-likeness (QED) is 0.767. The molecule has 0 N–H and O–H groups in total. The molecule has 2 aromatic rings. The zero-order valence-electron chi connectivity index (χ0n) is 8.99. The average molecular weight is 285 g/mol. The lowest BCUT2D eigenvalue weighted by Gasteiger charge is -2.06. The lowest BCUT2D eigenvalue weighted by atomic mass is 10.2. The van der Waals surface area contributed by atoms with Gasteiger partial charge in [0.2, 0.25) is 0 Å². The smallest absolute Gasteiger partial charge is 0.151 e. The lowest BCUT2D eigenvalue weighted by molar-refractivity contribution is 0.112. The highest BCUT2D eigenvalue weighted by Gasteiger charge is 2.09. The van der Waals surface area contributed by atoms with Crippen molar-refractivity contribution < 1.29 is 13.6 Å². The number of halogens is 3. The molecule has 0 spiro atoms. The van der Waals surface area contributed by atoms with Crippen LogP contribution in [0.4, 0.5) is 8.78 Å². The number of rotatable bonds is 3. The highest BCUT2D eigenvalue weighted by Crippen LogP contribution is 2.33. The van der Waals surface area contributed by atoms with Gasteiger partial charge in [0.25, 0.3) is 0 Å². The van der Waals surface area contributed by atoms with E-state index in [1.165, 1.54) is 18.2 Å². The second kappa shape index (κ2) is 5.50. The molecule has 0 aliphatic heterocycles. The third-order valence-electron chi connectivity index (χ3n) is 2.21. The molecule has 0 heterocycles. The summed E-state index contributed by atoms with van der Waals surface area (Å²) in [6, 6.07) is 8.04. The molecule has 0 aromatic heterocycles. The average Bonchev–Trinajstić information content (AvgIpc) is 2.34. The number of carbonyl (C=O) groups excluding carboxylic acids is 1. The first-order chi connectivity index (χ1) is 8.60. The Labute approximate surface area is 112 Å². The molecule has 0 radical (unpaired) electrons. The molecule has 0 atom stereocenters. The zero-order chi connectivity index (χ0) is 13.1. The summed E-state index contributed by atoms with van der Waals surface area (Å²) < 4.78 is 26.2. The van der Waals surface area contributed by atoms with E-state index in [1.807, 2.05) is 0 Å². The van der Waals surface area contributed by atoms with Crippen LogP contribution in [-0.4, -0.2) is 6.29 Å². The van der Waals surface area contributed by atoms with Crippen LogP contribution in [0.5, 0.6) is 0 Å². The van der Waals surface area contributed by atoms with Crippen LogP contribution in [0.3, 0.4) is 0 Å². The summed E-state index contributed by atoms with van der Waals surface area (Å²) in [5.41, 5.74) is 0.372. The molecule has 0 saturated carbocycles. The molecule has 5 heteroatoms. The Morgan fingerprint density at radius 3 is 2.44 bits per heavy atom. The van der Waals surface area contributed by atoms with Gasteiger partial charge in [-0.3, -0.25) is 4.79 Å². The molecule has 2 aromatic carbocycles. The van der Waals surface area contributed by atoms with Crippen molar-refractivity contribution in [3.8, 4) is 0 Å². The first-order valence-electron chi connectivity index (χ1n) is 4.98. The van der Waals surface area contributed by atoms with E-state index in [0.29, 0.717) is 21.8 Å². The molecule has 92 valence electrons. The Bertz CT molecular complexity index is 602. The minimum absolute atomic E-state index is 0.252. The first-order valence-corrected chi connectivity index (χ1v) is 6.17. The van der Waals surface area contributed by atoms with Crippen molar-refractivity contribution in [1.82, 2.24) is 0 Å². The molecular formula is C13H7ClF2OS. The van der Waals surface area contributed by atoms with Gasteiger partial charge in [0.05, 0.1) is 0 Å². The summed E-state index contributed by atoms with van der Waals surface area (Å²) in [4.78, 5) is 11.7. The summed E-state index contributed by atoms with van der Waals surface area (Å²) in [6.45, 7) is 0. The fraction of sp³-hybridized carbons (Fsp3) is 0. The fourth-order valence-corrected chi connectivity index (χ4v) is 2.45. The van der Waals surface area contributed by atoms with Crippen molar-refractivity contribution in [2.75, 3.05) is 0 Å². The van der Waals surface area contributed by atoms with E-state index in [9.17, 15) is 13.6 Å². The highest BCUT2D eigenvalue weighted by atomic mass is 35.5. The predicted molar refractivity (Wildman–Crippen MR) is 67.3 cm³/mol. The summed E-state index contributed by atoms with van der Waals surface area (Å²) in [7, 11) is 0. The van der Waals surface area contributed by atoms with Gasteiger partial charge in [-0.2, -0.15) is 0 Å². The van der Waals surface area contributed by atoms with Gasteiger partial charge >= 0.3 is 0 Å². The maximum atomic E-state index is 13.5. The van der Waals surface area contributed by atoms with E-state index >= 15 is 0 Å². The largest absolute Gasteiger partial charge is 0.298 e. The van der Waals surface area contributed by atoms with E-state index < -0.39 is 11.6 Å². The van der Waals surface area contributed by atoms with Crippen LogP contribution >= 0.6 is 23.4 Å². The van der Waals surface area contributed by atoms with Crippen molar-refractivity contribution >= 4 is 29.6 Å². The van der Waals surface area contributed by atoms with Gasteiger partial charge in [-0.25, -0.2) is 8.78 Å². The number of hydrogen-bond acceptors (Lipinski definition) is 2. The zero-order valence-corrected chi connectivity index (χ0v) is 10.6. The number of hydrogen-bond donors (Lipinski definition) is 0. The minimum Gasteiger partial charge on any atom is -0.298 e. The molecule has 0 saturated heterocycles. The molecule has 0 aliphatic carbocycles. The van der Waals surface area contributed by atoms with Crippen LogP contribution in [0.15, 0.2) is 46.2 Å². The van der Waals surface area contributed by atoms with Gasteiger partial charge < -0.3 is 0 Å². The minimum atomic E-state index is -0.660. The van der Waals surface area contributed by atoms with Crippen molar-refractivity contribution in [2.24, 2.45) is 0 Å². The van der Waals surface area contributed by atoms with Gasteiger partial charge in [0.15, 0.2) is 6.29 Å². The van der Waals surface area contributed by atoms with Crippen LogP contribution < -0.4 is 0 Å². The molecule has 0 aliphatic rings. The Hall–Kier alpha value is -1.39. The fourth-order valence-electron chi connectivity index (χ4n) is 1.38. The standard InChI is InChI=1S/C13H7ClF2OS/c14-9-1-3-12(8(5-9)7-17)18-13-4-2-10(15)6-11(13)16/h1-7H. The molecule has 0 bridgehead atoms. The van der Waals surface area contributed by atoms with E-state index in [4.69, 9.17) is 11.6 Å². The van der Waals surface area contributed by atoms with E-state index in [2.05, 4.69) is 0 Å². The highest BCUT2D eigenvalue weighted by molar-refractivity contribution is 7.99. The molecule has 18 heavy (non-hydrogen) atoms. The number of aldehydes is 1. The number of benzene rings is 2. The Morgan fingerprint density at radius 1 is 1.06 bits per heavy atom. The van der Waals surface area contributed by atoms with Crippen LogP contribution in [0.2, 0.25) is 5.02 Å². The SMILES string of the molecule is O=Cc1cc(Cl)ccc1Sc1ccc(F)cc1F. The van der Waals surface area contributed by atoms with Crippen LogP contribution in [0.1, 0.15) is 10.4 Å². The third kappa shape index (κ3) is 2.89. The summed E-state index contributed by atoms with van der Waals surface area (Å²) >= 11 is 6.81. The van der Waals surface area contributed by atoms with E-state index in [0.717, 1.165) is 17.8 Å². The molecule has 0 unspecified atom stereocenters. The Morgan fingerprint density at radius 2 is 1.78 bits per heavy atom. The molecule has 0 fully saturated rings. The monoisotopic (exact) mass is 284 g/mol. The van der Waals surface area contributed by atoms with Gasteiger partial charge in [0, 0.05) is 26.4 Å². The van der Waals surface area contributed by atoms with Crippen molar-refractivity contribution in [3.05, 3.63) is 58.6 Å². The summed E-state index contributed by atoms with van der Waals surface area (Å²) in [5.74, 6) is -1.30. The van der Waals surface area contributed by atoms with E-state index in [-0.39, 0.29) is 4.90 Å². The van der Waals surface area contributed by atoms with Crippen molar-refractivity contribution in [3.63, 3.8) is 0 Å². The van der Waals surface area contributed by atoms with E-state index in [1.54, 1.807) is 12.1 Å². The Kier molecular flexibility index (Phi) is 3.99. The first kappa shape index (κ1) is 13.1. The third-order valence-corrected chi connectivity index (χ3v) is 3.59. The molecule has 1 nitrogen and oxygen atoms in total. The second-order valence-electron chi connectivity index (χ2n) is 3.48. The van der Waals surface area contributed by atoms with Crippen molar-refractivity contribution in [2.45, 2.75) is 9.79 Å². The summed E-state index contributed by atoms with van der Waals surface area (Å²) in [6.07, 6.45) is 0.648. The molecule has 0 amide bonds. The molecule has 2 rings (SSSR count). The van der Waals surface area contributed by atoms with Crippen LogP contribution in [-0.2, 0) is 0 Å². The molecular weight excluding hydrogens is 278 g/mol. The van der Waals surface area contributed by atoms with Gasteiger partial charge in [-0.05, 0) is 30.3 Å². The van der Waals surface area contributed by atoms with Crippen LogP contribution in [0.25, 0.3) is 0 Å². The number of carbonyl (C=O) groups is 1. The second-order valence-corrected chi connectivity index (χ2v) is 5.00. The Balaban J connectivity index is 2.36. The summed E-state index contributed by atoms with van der Waals surface area (Å²) in [5, 5.41) is 0.432.